The van der Waals surface area contributed by atoms with Crippen LogP contribution in [0, 0.1) is 0 Å². The normalized spacial score (nSPS) is 14.0. The van der Waals surface area contributed by atoms with E-state index in [-0.39, 0.29) is 18.2 Å². The Hall–Kier alpha value is -3.41. The largest absolute Gasteiger partial charge is 0.461 e. The lowest BCUT2D eigenvalue weighted by Crippen LogP contribution is -2.41. The first-order valence-electron chi connectivity index (χ1n) is 12.8. The second kappa shape index (κ2) is 11.3. The van der Waals surface area contributed by atoms with Crippen molar-refractivity contribution >= 4 is 11.9 Å². The van der Waals surface area contributed by atoms with E-state index < -0.39 is 5.97 Å². The molecule has 2 aromatic carbocycles. The Morgan fingerprint density at radius 1 is 0.971 bits per heavy atom. The van der Waals surface area contributed by atoms with E-state index in [2.05, 4.69) is 31.1 Å². The van der Waals surface area contributed by atoms with Crippen LogP contribution in [0.3, 0.4) is 0 Å². The van der Waals surface area contributed by atoms with Crippen molar-refractivity contribution in [2.75, 3.05) is 13.2 Å². The zero-order valence-electron chi connectivity index (χ0n) is 21.0. The summed E-state index contributed by atoms with van der Waals surface area (Å²) < 4.78 is 6.94. The van der Waals surface area contributed by atoms with Gasteiger partial charge >= 0.3 is 5.97 Å². The van der Waals surface area contributed by atoms with Crippen molar-refractivity contribution in [1.29, 1.82) is 0 Å². The molecule has 3 aromatic rings. The third kappa shape index (κ3) is 5.47. The number of amides is 1. The molecule has 0 radical (unpaired) electrons. The van der Waals surface area contributed by atoms with Crippen LogP contribution in [-0.2, 0) is 11.2 Å². The SMILES string of the molecule is CCOC(=O)c1cc(-c2ccc(CC)cc2)n(-c2ccc(C(=O)N(CC)C3CCCCC3)cc2)n1. The molecule has 1 fully saturated rings. The number of aromatic nitrogens is 2. The molecule has 35 heavy (non-hydrogen) atoms. The van der Waals surface area contributed by atoms with Crippen LogP contribution in [0.1, 0.15) is 79.3 Å². The molecule has 4 rings (SSSR count). The number of nitrogens with zero attached hydrogens (tertiary/aromatic N) is 3. The number of hydrogen-bond donors (Lipinski definition) is 0. The molecular formula is C29H35N3O3. The van der Waals surface area contributed by atoms with Gasteiger partial charge in [0.05, 0.1) is 18.0 Å². The van der Waals surface area contributed by atoms with Crippen molar-refractivity contribution in [3.8, 4) is 16.9 Å². The molecule has 0 aliphatic heterocycles. The van der Waals surface area contributed by atoms with E-state index >= 15 is 0 Å². The molecule has 184 valence electrons. The predicted molar refractivity (Wildman–Crippen MR) is 138 cm³/mol. The summed E-state index contributed by atoms with van der Waals surface area (Å²) in [6.07, 6.45) is 6.77. The summed E-state index contributed by atoms with van der Waals surface area (Å²) in [5.74, 6) is -0.371. The number of hydrogen-bond acceptors (Lipinski definition) is 4. The van der Waals surface area contributed by atoms with Gasteiger partial charge in [-0.15, -0.1) is 0 Å². The average Bonchev–Trinajstić information content (AvgIpc) is 3.36. The molecule has 0 N–H and O–H groups in total. The number of rotatable bonds is 8. The van der Waals surface area contributed by atoms with Gasteiger partial charge in [-0.2, -0.15) is 5.10 Å². The van der Waals surface area contributed by atoms with E-state index in [4.69, 9.17) is 4.74 Å². The average molecular weight is 474 g/mol. The van der Waals surface area contributed by atoms with E-state index in [1.165, 1.54) is 24.8 Å². The summed E-state index contributed by atoms with van der Waals surface area (Å²) in [6.45, 7) is 6.96. The third-order valence-electron chi connectivity index (χ3n) is 6.83. The minimum absolute atomic E-state index is 0.0778. The lowest BCUT2D eigenvalue weighted by Gasteiger charge is -2.33. The Kier molecular flexibility index (Phi) is 8.01. The summed E-state index contributed by atoms with van der Waals surface area (Å²) in [6, 6.07) is 17.9. The molecule has 0 unspecified atom stereocenters. The fraction of sp³-hybridized carbons (Fsp3) is 0.414. The van der Waals surface area contributed by atoms with Crippen LogP contribution < -0.4 is 0 Å². The van der Waals surface area contributed by atoms with Crippen molar-refractivity contribution < 1.29 is 14.3 Å². The van der Waals surface area contributed by atoms with Gasteiger partial charge < -0.3 is 9.64 Å². The summed E-state index contributed by atoms with van der Waals surface area (Å²) in [5.41, 5.74) is 4.72. The lowest BCUT2D eigenvalue weighted by molar-refractivity contribution is 0.0518. The molecular weight excluding hydrogens is 438 g/mol. The van der Waals surface area contributed by atoms with Gasteiger partial charge in [-0.3, -0.25) is 4.79 Å². The standard InChI is InChI=1S/C29H35N3O3/c1-4-21-12-14-22(15-13-21)27-20-26(29(34)35-6-3)30-32(27)25-18-16-23(17-19-25)28(33)31(5-2)24-10-8-7-9-11-24/h12-20,24H,4-11H2,1-3H3. The zero-order chi connectivity index (χ0) is 24.8. The quantitative estimate of drug-likeness (QED) is 0.372. The van der Waals surface area contributed by atoms with E-state index in [1.54, 1.807) is 17.7 Å². The molecule has 1 aromatic heterocycles. The molecule has 1 amide bonds. The van der Waals surface area contributed by atoms with Gasteiger partial charge in [0.1, 0.15) is 0 Å². The number of benzene rings is 2. The molecule has 6 nitrogen and oxygen atoms in total. The highest BCUT2D eigenvalue weighted by atomic mass is 16.5. The minimum Gasteiger partial charge on any atom is -0.461 e. The zero-order valence-corrected chi connectivity index (χ0v) is 21.0. The first kappa shape index (κ1) is 24.7. The summed E-state index contributed by atoms with van der Waals surface area (Å²) in [4.78, 5) is 27.7. The number of carbonyl (C=O) groups is 2. The number of aryl methyl sites for hydroxylation is 1. The maximum atomic E-state index is 13.3. The summed E-state index contributed by atoms with van der Waals surface area (Å²) in [5, 5.41) is 4.56. The van der Waals surface area contributed by atoms with Crippen molar-refractivity contribution in [3.05, 3.63) is 71.4 Å². The van der Waals surface area contributed by atoms with Crippen LogP contribution in [-0.4, -0.2) is 45.8 Å². The highest BCUT2D eigenvalue weighted by molar-refractivity contribution is 5.94. The van der Waals surface area contributed by atoms with Crippen LogP contribution in [0.4, 0.5) is 0 Å². The van der Waals surface area contributed by atoms with Gasteiger partial charge in [-0.05, 0) is 69.0 Å². The van der Waals surface area contributed by atoms with Crippen LogP contribution >= 0.6 is 0 Å². The predicted octanol–water partition coefficient (Wildman–Crippen LogP) is 6.07. The monoisotopic (exact) mass is 473 g/mol. The van der Waals surface area contributed by atoms with Gasteiger partial charge in [-0.1, -0.05) is 50.5 Å². The van der Waals surface area contributed by atoms with Crippen molar-refractivity contribution in [2.45, 2.75) is 65.3 Å². The molecule has 0 bridgehead atoms. The smallest absolute Gasteiger partial charge is 0.358 e. The number of carbonyl (C=O) groups excluding carboxylic acids is 2. The third-order valence-corrected chi connectivity index (χ3v) is 6.83. The highest BCUT2D eigenvalue weighted by Gasteiger charge is 2.25. The van der Waals surface area contributed by atoms with Gasteiger partial charge in [0.2, 0.25) is 0 Å². The first-order valence-corrected chi connectivity index (χ1v) is 12.8. The number of esters is 1. The van der Waals surface area contributed by atoms with Gasteiger partial charge in [0.25, 0.3) is 5.91 Å². The second-order valence-corrected chi connectivity index (χ2v) is 9.03. The van der Waals surface area contributed by atoms with Crippen LogP contribution in [0.5, 0.6) is 0 Å². The lowest BCUT2D eigenvalue weighted by atomic mass is 9.93. The molecule has 0 spiro atoms. The van der Waals surface area contributed by atoms with Crippen LogP contribution in [0.15, 0.2) is 54.6 Å². The first-order chi connectivity index (χ1) is 17.0. The maximum Gasteiger partial charge on any atom is 0.358 e. The Labute approximate surface area is 207 Å². The van der Waals surface area contributed by atoms with Crippen molar-refractivity contribution in [2.24, 2.45) is 0 Å². The summed E-state index contributed by atoms with van der Waals surface area (Å²) >= 11 is 0. The fourth-order valence-electron chi connectivity index (χ4n) is 4.87. The fourth-order valence-corrected chi connectivity index (χ4v) is 4.87. The molecule has 0 atom stereocenters. The topological polar surface area (TPSA) is 64.4 Å². The Morgan fingerprint density at radius 2 is 1.66 bits per heavy atom. The molecule has 0 saturated heterocycles. The van der Waals surface area contributed by atoms with Gasteiger partial charge in [-0.25, -0.2) is 9.48 Å². The van der Waals surface area contributed by atoms with Crippen LogP contribution in [0.2, 0.25) is 0 Å². The van der Waals surface area contributed by atoms with Crippen molar-refractivity contribution in [3.63, 3.8) is 0 Å². The van der Waals surface area contributed by atoms with E-state index in [0.29, 0.717) is 18.2 Å². The number of ether oxygens (including phenoxy) is 1. The molecule has 1 saturated carbocycles. The van der Waals surface area contributed by atoms with E-state index in [9.17, 15) is 9.59 Å². The minimum atomic E-state index is -0.449. The highest BCUT2D eigenvalue weighted by Crippen LogP contribution is 2.27. The maximum absolute atomic E-state index is 13.3. The van der Waals surface area contributed by atoms with Gasteiger partial charge in [0.15, 0.2) is 5.69 Å². The Balaban J connectivity index is 1.65. The molecule has 1 aliphatic rings. The molecule has 6 heteroatoms. The summed E-state index contributed by atoms with van der Waals surface area (Å²) in [7, 11) is 0. The van der Waals surface area contributed by atoms with E-state index in [1.807, 2.05) is 41.3 Å². The van der Waals surface area contributed by atoms with E-state index in [0.717, 1.165) is 36.2 Å². The van der Waals surface area contributed by atoms with Gasteiger partial charge in [0, 0.05) is 23.7 Å². The van der Waals surface area contributed by atoms with Crippen molar-refractivity contribution in [1.82, 2.24) is 14.7 Å². The Bertz CT molecular complexity index is 1140. The second-order valence-electron chi connectivity index (χ2n) is 9.03. The van der Waals surface area contributed by atoms with Crippen LogP contribution in [0.25, 0.3) is 16.9 Å². The Morgan fingerprint density at radius 3 is 2.26 bits per heavy atom. The molecule has 1 heterocycles. The molecule has 1 aliphatic carbocycles.